The van der Waals surface area contributed by atoms with E-state index in [1.807, 2.05) is 0 Å². The predicted molar refractivity (Wildman–Crippen MR) is 111 cm³/mol. The van der Waals surface area contributed by atoms with E-state index in [1.54, 1.807) is 0 Å². The van der Waals surface area contributed by atoms with Crippen molar-refractivity contribution in [2.24, 2.45) is 28.7 Å². The molecule has 5 N–H and O–H groups in total. The van der Waals surface area contributed by atoms with Crippen molar-refractivity contribution in [1.82, 2.24) is 5.32 Å². The topological polar surface area (TPSA) is 64.1 Å². The van der Waals surface area contributed by atoms with E-state index < -0.39 is 0 Å². The highest BCUT2D eigenvalue weighted by Gasteiger charge is 2.37. The van der Waals surface area contributed by atoms with Crippen LogP contribution < -0.4 is 16.8 Å². The van der Waals surface area contributed by atoms with Crippen molar-refractivity contribution in [1.29, 1.82) is 0 Å². The maximum Gasteiger partial charge on any atom is 0.0349 e. The quantitative estimate of drug-likeness (QED) is 0.306. The van der Waals surface area contributed by atoms with Crippen molar-refractivity contribution in [3.8, 4) is 0 Å². The van der Waals surface area contributed by atoms with Gasteiger partial charge in [-0.15, -0.1) is 11.6 Å². The van der Waals surface area contributed by atoms with Gasteiger partial charge >= 0.3 is 0 Å². The molecule has 4 atom stereocenters. The van der Waals surface area contributed by atoms with Crippen molar-refractivity contribution in [3.05, 3.63) is 0 Å². The van der Waals surface area contributed by atoms with Crippen molar-refractivity contribution < 1.29 is 0 Å². The maximum absolute atomic E-state index is 6.62. The molecular formula is C19H39BrClN3. The third kappa shape index (κ3) is 7.49. The van der Waals surface area contributed by atoms with Gasteiger partial charge in [0.15, 0.2) is 0 Å². The lowest BCUT2D eigenvalue weighted by atomic mass is 9.77. The van der Waals surface area contributed by atoms with E-state index in [4.69, 9.17) is 23.1 Å². The number of halogens is 2. The van der Waals surface area contributed by atoms with Gasteiger partial charge in [0, 0.05) is 35.3 Å². The highest BCUT2D eigenvalue weighted by molar-refractivity contribution is 9.09. The fraction of sp³-hybridized carbons (Fsp3) is 1.00. The van der Waals surface area contributed by atoms with Crippen LogP contribution in [0.4, 0.5) is 0 Å². The minimum absolute atomic E-state index is 0.0336. The third-order valence-corrected chi connectivity index (χ3v) is 7.83. The highest BCUT2D eigenvalue weighted by atomic mass is 79.9. The minimum Gasteiger partial charge on any atom is -0.329 e. The summed E-state index contributed by atoms with van der Waals surface area (Å²) >= 11 is 9.67. The second kappa shape index (κ2) is 12.1. The van der Waals surface area contributed by atoms with Gasteiger partial charge < -0.3 is 16.8 Å². The first kappa shape index (κ1) is 22.7. The lowest BCUT2D eigenvalue weighted by Gasteiger charge is -2.40. The summed E-state index contributed by atoms with van der Waals surface area (Å²) < 4.78 is 0. The Balaban J connectivity index is 2.39. The molecular weight excluding hydrogens is 386 g/mol. The molecule has 0 heterocycles. The molecule has 1 aliphatic rings. The summed E-state index contributed by atoms with van der Waals surface area (Å²) in [5, 5.41) is 3.56. The van der Waals surface area contributed by atoms with Gasteiger partial charge in [0.1, 0.15) is 0 Å². The standard InChI is InChI=1S/C19H39BrClN3/c1-15(11-21)13-24-14-19(2,17(20)12-22)18(23)10-6-5-9-16-7-3-4-8-16/h15-18,24H,3-14,22-23H2,1-2H3/t15?,17-,18?,19?/m1/s1. The molecule has 0 aliphatic heterocycles. The average molecular weight is 425 g/mol. The highest BCUT2D eigenvalue weighted by Crippen LogP contribution is 2.33. The van der Waals surface area contributed by atoms with E-state index >= 15 is 0 Å². The fourth-order valence-corrected chi connectivity index (χ4v) is 4.42. The Kier molecular flexibility index (Phi) is 11.5. The summed E-state index contributed by atoms with van der Waals surface area (Å²) in [6.07, 6.45) is 10.8. The van der Waals surface area contributed by atoms with Gasteiger partial charge in [0.2, 0.25) is 0 Å². The molecule has 3 nitrogen and oxygen atoms in total. The lowest BCUT2D eigenvalue weighted by Crippen LogP contribution is -2.54. The summed E-state index contributed by atoms with van der Waals surface area (Å²) in [6.45, 7) is 6.84. The number of hydrogen-bond donors (Lipinski definition) is 3. The summed E-state index contributed by atoms with van der Waals surface area (Å²) in [5.41, 5.74) is 12.5. The van der Waals surface area contributed by atoms with Crippen LogP contribution in [-0.4, -0.2) is 36.4 Å². The number of hydrogen-bond acceptors (Lipinski definition) is 3. The number of rotatable bonds is 13. The van der Waals surface area contributed by atoms with E-state index in [0.717, 1.165) is 25.4 Å². The van der Waals surface area contributed by atoms with Crippen molar-refractivity contribution in [2.75, 3.05) is 25.5 Å². The van der Waals surface area contributed by atoms with E-state index in [9.17, 15) is 0 Å². The Labute approximate surface area is 163 Å². The number of alkyl halides is 2. The third-order valence-electron chi connectivity index (χ3n) is 5.88. The van der Waals surface area contributed by atoms with Crippen LogP contribution in [0.25, 0.3) is 0 Å². The molecule has 0 aromatic carbocycles. The molecule has 0 radical (unpaired) electrons. The van der Waals surface area contributed by atoms with E-state index in [2.05, 4.69) is 35.1 Å². The molecule has 0 aromatic heterocycles. The molecule has 1 saturated carbocycles. The van der Waals surface area contributed by atoms with Crippen LogP contribution in [0.1, 0.15) is 65.2 Å². The summed E-state index contributed by atoms with van der Waals surface area (Å²) in [5.74, 6) is 2.15. The molecule has 24 heavy (non-hydrogen) atoms. The Bertz CT molecular complexity index is 326. The number of unbranched alkanes of at least 4 members (excludes halogenated alkanes) is 1. The second-order valence-electron chi connectivity index (χ2n) is 8.14. The Morgan fingerprint density at radius 3 is 2.54 bits per heavy atom. The Morgan fingerprint density at radius 2 is 1.96 bits per heavy atom. The van der Waals surface area contributed by atoms with Gasteiger partial charge in [-0.1, -0.05) is 74.7 Å². The van der Waals surface area contributed by atoms with Gasteiger partial charge in [-0.05, 0) is 24.8 Å². The monoisotopic (exact) mass is 423 g/mol. The normalized spacial score (nSPS) is 22.2. The Morgan fingerprint density at radius 1 is 1.29 bits per heavy atom. The molecule has 144 valence electrons. The van der Waals surface area contributed by atoms with Crippen LogP contribution in [0, 0.1) is 17.3 Å². The molecule has 5 heteroatoms. The zero-order chi connectivity index (χ0) is 18.0. The van der Waals surface area contributed by atoms with Gasteiger partial charge in [-0.25, -0.2) is 0 Å². The lowest BCUT2D eigenvalue weighted by molar-refractivity contribution is 0.221. The second-order valence-corrected chi connectivity index (χ2v) is 9.55. The predicted octanol–water partition coefficient (Wildman–Crippen LogP) is 4.26. The van der Waals surface area contributed by atoms with E-state index in [-0.39, 0.29) is 16.3 Å². The summed E-state index contributed by atoms with van der Waals surface area (Å²) in [6, 6.07) is 0.160. The average Bonchev–Trinajstić information content (AvgIpc) is 3.10. The van der Waals surface area contributed by atoms with Gasteiger partial charge in [-0.2, -0.15) is 0 Å². The van der Waals surface area contributed by atoms with Gasteiger partial charge in [0.05, 0.1) is 0 Å². The molecule has 1 aliphatic carbocycles. The first-order valence-corrected chi connectivity index (χ1v) is 11.3. The number of nitrogens with two attached hydrogens (primary N) is 2. The molecule has 0 amide bonds. The largest absolute Gasteiger partial charge is 0.329 e. The zero-order valence-corrected chi connectivity index (χ0v) is 18.0. The molecule has 0 spiro atoms. The number of nitrogens with one attached hydrogen (secondary N) is 1. The molecule has 3 unspecified atom stereocenters. The van der Waals surface area contributed by atoms with E-state index in [0.29, 0.717) is 18.3 Å². The molecule has 1 rings (SSSR count). The first-order chi connectivity index (χ1) is 11.4. The molecule has 0 aromatic rings. The van der Waals surface area contributed by atoms with Gasteiger partial charge in [-0.3, -0.25) is 0 Å². The smallest absolute Gasteiger partial charge is 0.0349 e. The van der Waals surface area contributed by atoms with Crippen LogP contribution in [0.2, 0.25) is 0 Å². The van der Waals surface area contributed by atoms with Crippen molar-refractivity contribution >= 4 is 27.5 Å². The van der Waals surface area contributed by atoms with Crippen LogP contribution in [-0.2, 0) is 0 Å². The van der Waals surface area contributed by atoms with Crippen LogP contribution in [0.15, 0.2) is 0 Å². The molecule has 1 fully saturated rings. The van der Waals surface area contributed by atoms with Gasteiger partial charge in [0.25, 0.3) is 0 Å². The first-order valence-electron chi connectivity index (χ1n) is 9.80. The summed E-state index contributed by atoms with van der Waals surface area (Å²) in [7, 11) is 0. The minimum atomic E-state index is -0.0336. The SMILES string of the molecule is CC(CCl)CNCC(C)(C(N)CCCCC1CCCC1)[C@H](Br)CN. The molecule has 0 saturated heterocycles. The Hall–Kier alpha value is 0.650. The van der Waals surface area contributed by atoms with Crippen molar-refractivity contribution in [3.63, 3.8) is 0 Å². The van der Waals surface area contributed by atoms with Crippen LogP contribution >= 0.6 is 27.5 Å². The fourth-order valence-electron chi connectivity index (χ4n) is 3.81. The maximum atomic E-state index is 6.62. The van der Waals surface area contributed by atoms with Crippen molar-refractivity contribution in [2.45, 2.75) is 76.1 Å². The zero-order valence-electron chi connectivity index (χ0n) is 15.7. The van der Waals surface area contributed by atoms with Crippen LogP contribution in [0.5, 0.6) is 0 Å². The summed E-state index contributed by atoms with van der Waals surface area (Å²) in [4.78, 5) is 0.230. The van der Waals surface area contributed by atoms with Crippen LogP contribution in [0.3, 0.4) is 0 Å². The molecule has 0 bridgehead atoms. The van der Waals surface area contributed by atoms with E-state index in [1.165, 1.54) is 44.9 Å².